The van der Waals surface area contributed by atoms with Crippen LogP contribution in [0.5, 0.6) is 0 Å². The molecule has 15 heavy (non-hydrogen) atoms. The zero-order valence-electron chi connectivity index (χ0n) is 9.64. The first-order chi connectivity index (χ1) is 7.35. The van der Waals surface area contributed by atoms with Gasteiger partial charge in [0, 0.05) is 18.7 Å². The van der Waals surface area contributed by atoms with Crippen molar-refractivity contribution in [3.8, 4) is 0 Å². The maximum absolute atomic E-state index is 4.66. The Labute approximate surface area is 91.3 Å². The Kier molecular flexibility index (Phi) is 3.31. The molecule has 0 saturated carbocycles. The third kappa shape index (κ3) is 2.17. The maximum Gasteiger partial charge on any atom is 0.128 e. The van der Waals surface area contributed by atoms with Gasteiger partial charge < -0.3 is 5.32 Å². The second kappa shape index (κ2) is 4.71. The highest BCUT2D eigenvalue weighted by Crippen LogP contribution is 2.16. The first kappa shape index (κ1) is 10.6. The summed E-state index contributed by atoms with van der Waals surface area (Å²) < 4.78 is 0. The van der Waals surface area contributed by atoms with Gasteiger partial charge in [0.15, 0.2) is 0 Å². The molecule has 3 heteroatoms. The molecule has 0 aromatic carbocycles. The van der Waals surface area contributed by atoms with Gasteiger partial charge in [-0.25, -0.2) is 9.97 Å². The fourth-order valence-electron chi connectivity index (χ4n) is 2.12. The van der Waals surface area contributed by atoms with E-state index in [0.29, 0.717) is 0 Å². The van der Waals surface area contributed by atoms with E-state index >= 15 is 0 Å². The van der Waals surface area contributed by atoms with Crippen molar-refractivity contribution in [3.63, 3.8) is 0 Å². The predicted octanol–water partition coefficient (Wildman–Crippen LogP) is 1.64. The van der Waals surface area contributed by atoms with Crippen molar-refractivity contribution in [3.05, 3.63) is 22.8 Å². The van der Waals surface area contributed by atoms with Crippen molar-refractivity contribution in [2.45, 2.75) is 46.1 Å². The summed E-state index contributed by atoms with van der Waals surface area (Å²) in [5.74, 6) is 1.02. The van der Waals surface area contributed by atoms with Crippen LogP contribution in [0.3, 0.4) is 0 Å². The lowest BCUT2D eigenvalue weighted by molar-refractivity contribution is 0.606. The number of nitrogens with zero attached hydrogens (tertiary/aromatic N) is 2. The predicted molar refractivity (Wildman–Crippen MR) is 60.8 cm³/mol. The number of aryl methyl sites for hydroxylation is 2. The largest absolute Gasteiger partial charge is 0.311 e. The lowest BCUT2D eigenvalue weighted by atomic mass is 10.0. The summed E-state index contributed by atoms with van der Waals surface area (Å²) in [6, 6.07) is 0. The average molecular weight is 205 g/mol. The summed E-state index contributed by atoms with van der Waals surface area (Å²) in [7, 11) is 0. The second-order valence-electron chi connectivity index (χ2n) is 4.04. The van der Waals surface area contributed by atoms with Gasteiger partial charge in [0.1, 0.15) is 5.82 Å². The molecular weight excluding hydrogens is 186 g/mol. The number of rotatable bonds is 3. The minimum absolute atomic E-state index is 0.918. The van der Waals surface area contributed by atoms with Crippen LogP contribution in [0, 0.1) is 0 Å². The minimum atomic E-state index is 0.918. The van der Waals surface area contributed by atoms with Crippen molar-refractivity contribution in [1.82, 2.24) is 15.3 Å². The van der Waals surface area contributed by atoms with E-state index in [-0.39, 0.29) is 0 Å². The highest BCUT2D eigenvalue weighted by Gasteiger charge is 2.15. The van der Waals surface area contributed by atoms with Crippen LogP contribution in [-0.4, -0.2) is 16.5 Å². The topological polar surface area (TPSA) is 37.8 Å². The van der Waals surface area contributed by atoms with Gasteiger partial charge in [-0.2, -0.15) is 0 Å². The van der Waals surface area contributed by atoms with Gasteiger partial charge in [-0.05, 0) is 31.4 Å². The van der Waals surface area contributed by atoms with E-state index < -0.39 is 0 Å². The summed E-state index contributed by atoms with van der Waals surface area (Å²) in [5.41, 5.74) is 3.90. The third-order valence-corrected chi connectivity index (χ3v) is 2.88. The number of nitrogens with one attached hydrogen (secondary N) is 1. The van der Waals surface area contributed by atoms with E-state index in [1.807, 2.05) is 0 Å². The van der Waals surface area contributed by atoms with Gasteiger partial charge in [0.05, 0.1) is 5.69 Å². The van der Waals surface area contributed by atoms with Crippen molar-refractivity contribution in [2.75, 3.05) is 6.54 Å². The second-order valence-corrected chi connectivity index (χ2v) is 4.04. The zero-order valence-corrected chi connectivity index (χ0v) is 9.64. The minimum Gasteiger partial charge on any atom is -0.311 e. The van der Waals surface area contributed by atoms with Crippen molar-refractivity contribution < 1.29 is 0 Å². The first-order valence-corrected chi connectivity index (χ1v) is 5.93. The Morgan fingerprint density at radius 2 is 2.13 bits per heavy atom. The van der Waals surface area contributed by atoms with Gasteiger partial charge in [0.2, 0.25) is 0 Å². The fraction of sp³-hybridized carbons (Fsp3) is 0.667. The average Bonchev–Trinajstić information content (AvgIpc) is 2.28. The summed E-state index contributed by atoms with van der Waals surface area (Å²) in [4.78, 5) is 9.29. The van der Waals surface area contributed by atoms with E-state index in [0.717, 1.165) is 44.6 Å². The SMILES string of the molecule is CCCc1nc(CC)c2c(n1)CNCC2. The lowest BCUT2D eigenvalue weighted by Gasteiger charge is -2.19. The van der Waals surface area contributed by atoms with Crippen molar-refractivity contribution in [1.29, 1.82) is 0 Å². The van der Waals surface area contributed by atoms with Crippen LogP contribution in [0.4, 0.5) is 0 Å². The Bertz CT molecular complexity index is 330. The molecule has 3 nitrogen and oxygen atoms in total. The molecule has 0 bridgehead atoms. The Morgan fingerprint density at radius 3 is 2.87 bits per heavy atom. The monoisotopic (exact) mass is 205 g/mol. The van der Waals surface area contributed by atoms with E-state index in [1.165, 1.54) is 17.0 Å². The Morgan fingerprint density at radius 1 is 1.27 bits per heavy atom. The molecular formula is C12H19N3. The van der Waals surface area contributed by atoms with Gasteiger partial charge in [0.25, 0.3) is 0 Å². The van der Waals surface area contributed by atoms with E-state index in [1.54, 1.807) is 0 Å². The number of hydrogen-bond acceptors (Lipinski definition) is 3. The highest BCUT2D eigenvalue weighted by molar-refractivity contribution is 5.28. The van der Waals surface area contributed by atoms with Crippen LogP contribution in [0.25, 0.3) is 0 Å². The molecule has 82 valence electrons. The van der Waals surface area contributed by atoms with E-state index in [2.05, 4.69) is 29.1 Å². The number of aromatic nitrogens is 2. The lowest BCUT2D eigenvalue weighted by Crippen LogP contribution is -2.27. The van der Waals surface area contributed by atoms with Gasteiger partial charge >= 0.3 is 0 Å². The Hall–Kier alpha value is -0.960. The van der Waals surface area contributed by atoms with E-state index in [4.69, 9.17) is 0 Å². The Balaban J connectivity index is 2.38. The molecule has 0 spiro atoms. The number of fused-ring (bicyclic) bond motifs is 1. The third-order valence-electron chi connectivity index (χ3n) is 2.88. The molecule has 1 aliphatic rings. The first-order valence-electron chi connectivity index (χ1n) is 5.93. The smallest absolute Gasteiger partial charge is 0.128 e. The van der Waals surface area contributed by atoms with E-state index in [9.17, 15) is 0 Å². The van der Waals surface area contributed by atoms with Crippen LogP contribution < -0.4 is 5.32 Å². The van der Waals surface area contributed by atoms with Gasteiger partial charge in [-0.15, -0.1) is 0 Å². The van der Waals surface area contributed by atoms with Crippen molar-refractivity contribution in [2.24, 2.45) is 0 Å². The van der Waals surface area contributed by atoms with Gasteiger partial charge in [-0.3, -0.25) is 0 Å². The van der Waals surface area contributed by atoms with Crippen LogP contribution in [0.1, 0.15) is 43.0 Å². The standard InChI is InChI=1S/C12H19N3/c1-3-5-12-14-10(4-2)9-6-7-13-8-11(9)15-12/h13H,3-8H2,1-2H3. The summed E-state index contributed by atoms with van der Waals surface area (Å²) in [5, 5.41) is 3.37. The molecule has 2 rings (SSSR count). The van der Waals surface area contributed by atoms with Crippen LogP contribution >= 0.6 is 0 Å². The summed E-state index contributed by atoms with van der Waals surface area (Å²) in [6.07, 6.45) is 4.24. The number of hydrogen-bond donors (Lipinski definition) is 1. The van der Waals surface area contributed by atoms with Crippen LogP contribution in [0.2, 0.25) is 0 Å². The zero-order chi connectivity index (χ0) is 10.7. The molecule has 1 aromatic rings. The molecule has 0 fully saturated rings. The quantitative estimate of drug-likeness (QED) is 0.815. The summed E-state index contributed by atoms with van der Waals surface area (Å²) in [6.45, 7) is 6.34. The van der Waals surface area contributed by atoms with Crippen LogP contribution in [-0.2, 0) is 25.8 Å². The summed E-state index contributed by atoms with van der Waals surface area (Å²) >= 11 is 0. The van der Waals surface area contributed by atoms with Crippen LogP contribution in [0.15, 0.2) is 0 Å². The molecule has 1 N–H and O–H groups in total. The van der Waals surface area contributed by atoms with Gasteiger partial charge in [-0.1, -0.05) is 13.8 Å². The highest BCUT2D eigenvalue weighted by atomic mass is 15.0. The molecule has 0 amide bonds. The molecule has 2 heterocycles. The molecule has 0 atom stereocenters. The molecule has 0 aliphatic carbocycles. The molecule has 1 aromatic heterocycles. The molecule has 0 saturated heterocycles. The molecule has 0 unspecified atom stereocenters. The maximum atomic E-state index is 4.66. The normalized spacial score (nSPS) is 15.1. The fourth-order valence-corrected chi connectivity index (χ4v) is 2.12. The van der Waals surface area contributed by atoms with Crippen molar-refractivity contribution >= 4 is 0 Å². The molecule has 1 aliphatic heterocycles. The molecule has 0 radical (unpaired) electrons.